The summed E-state index contributed by atoms with van der Waals surface area (Å²) >= 11 is 5.81. The Hall–Kier alpha value is -0.870. The molecule has 0 amide bonds. The highest BCUT2D eigenvalue weighted by atomic mass is 35.5. The van der Waals surface area contributed by atoms with Gasteiger partial charge >= 0.3 is 0 Å². The van der Waals surface area contributed by atoms with Gasteiger partial charge in [-0.05, 0) is 19.1 Å². The number of hydrogen-bond donors (Lipinski definition) is 0. The van der Waals surface area contributed by atoms with Gasteiger partial charge in [0.2, 0.25) is 0 Å². The lowest BCUT2D eigenvalue weighted by molar-refractivity contribution is -0.00361. The van der Waals surface area contributed by atoms with Crippen LogP contribution in [0.5, 0.6) is 0 Å². The maximum atomic E-state index is 5.81. The quantitative estimate of drug-likeness (QED) is 0.715. The van der Waals surface area contributed by atoms with E-state index in [4.69, 9.17) is 16.3 Å². The number of hydrogen-bond acceptors (Lipinski definition) is 4. The van der Waals surface area contributed by atoms with Crippen LogP contribution in [0, 0.1) is 0 Å². The first-order valence-electron chi connectivity index (χ1n) is 5.03. The number of rotatable bonds is 2. The molecule has 15 heavy (non-hydrogen) atoms. The van der Waals surface area contributed by atoms with E-state index in [9.17, 15) is 0 Å². The number of aromatic nitrogens is 2. The zero-order chi connectivity index (χ0) is 10.7. The van der Waals surface area contributed by atoms with Crippen LogP contribution in [0.15, 0.2) is 18.3 Å². The molecule has 82 valence electrons. The van der Waals surface area contributed by atoms with E-state index in [2.05, 4.69) is 15.1 Å². The second kappa shape index (κ2) is 4.77. The molecule has 4 nitrogen and oxygen atoms in total. The first-order valence-corrected chi connectivity index (χ1v) is 5.57. The van der Waals surface area contributed by atoms with Crippen molar-refractivity contribution in [2.45, 2.75) is 19.1 Å². The number of alkyl halides is 1. The molecular weight excluding hydrogens is 214 g/mol. The second-order valence-corrected chi connectivity index (χ2v) is 4.02. The van der Waals surface area contributed by atoms with Crippen LogP contribution < -0.4 is 4.90 Å². The monoisotopic (exact) mass is 227 g/mol. The average molecular weight is 228 g/mol. The molecule has 0 saturated carbocycles. The van der Waals surface area contributed by atoms with Gasteiger partial charge in [0.1, 0.15) is 0 Å². The normalized spacial score (nSPS) is 26.7. The molecule has 0 aromatic carbocycles. The largest absolute Gasteiger partial charge is 0.370 e. The van der Waals surface area contributed by atoms with E-state index in [-0.39, 0.29) is 12.2 Å². The minimum atomic E-state index is 0.0809. The van der Waals surface area contributed by atoms with E-state index in [0.29, 0.717) is 5.88 Å². The van der Waals surface area contributed by atoms with Crippen LogP contribution in [0.3, 0.4) is 0 Å². The molecule has 1 fully saturated rings. The standard InChI is InChI=1S/C10H14ClN3O/c1-8-6-14(7-9(5-11)15-8)10-3-2-4-12-13-10/h2-4,8-9H,5-7H2,1H3. The van der Waals surface area contributed by atoms with Crippen molar-refractivity contribution < 1.29 is 4.74 Å². The Morgan fingerprint density at radius 3 is 3.13 bits per heavy atom. The Kier molecular flexibility index (Phi) is 3.38. The lowest BCUT2D eigenvalue weighted by Gasteiger charge is -2.36. The number of nitrogens with zero attached hydrogens (tertiary/aromatic N) is 3. The first-order chi connectivity index (χ1) is 7.29. The van der Waals surface area contributed by atoms with E-state index in [1.165, 1.54) is 0 Å². The van der Waals surface area contributed by atoms with Crippen LogP contribution in [-0.4, -0.2) is 41.4 Å². The molecule has 0 aliphatic carbocycles. The highest BCUT2D eigenvalue weighted by Gasteiger charge is 2.25. The van der Waals surface area contributed by atoms with Crippen molar-refractivity contribution in [1.29, 1.82) is 0 Å². The Morgan fingerprint density at radius 1 is 1.60 bits per heavy atom. The maximum absolute atomic E-state index is 5.81. The lowest BCUT2D eigenvalue weighted by atomic mass is 10.2. The fraction of sp³-hybridized carbons (Fsp3) is 0.600. The number of anilines is 1. The molecular formula is C10H14ClN3O. The molecule has 2 atom stereocenters. The van der Waals surface area contributed by atoms with Crippen LogP contribution in [0.4, 0.5) is 5.82 Å². The topological polar surface area (TPSA) is 38.2 Å². The fourth-order valence-corrected chi connectivity index (χ4v) is 1.95. The Balaban J connectivity index is 2.09. The van der Waals surface area contributed by atoms with Crippen LogP contribution in [0.25, 0.3) is 0 Å². The summed E-state index contributed by atoms with van der Waals surface area (Å²) in [4.78, 5) is 2.16. The summed E-state index contributed by atoms with van der Waals surface area (Å²) in [6, 6.07) is 3.84. The van der Waals surface area contributed by atoms with Crippen molar-refractivity contribution >= 4 is 17.4 Å². The van der Waals surface area contributed by atoms with Crippen molar-refractivity contribution in [1.82, 2.24) is 10.2 Å². The van der Waals surface area contributed by atoms with E-state index >= 15 is 0 Å². The zero-order valence-corrected chi connectivity index (χ0v) is 9.39. The third kappa shape index (κ3) is 2.58. The maximum Gasteiger partial charge on any atom is 0.151 e. The zero-order valence-electron chi connectivity index (χ0n) is 8.64. The van der Waals surface area contributed by atoms with E-state index in [0.717, 1.165) is 18.9 Å². The SMILES string of the molecule is CC1CN(c2cccnn2)CC(CCl)O1. The smallest absolute Gasteiger partial charge is 0.151 e. The highest BCUT2D eigenvalue weighted by Crippen LogP contribution is 2.17. The van der Waals surface area contributed by atoms with Gasteiger partial charge < -0.3 is 9.64 Å². The van der Waals surface area contributed by atoms with Crippen LogP contribution in [0.1, 0.15) is 6.92 Å². The minimum absolute atomic E-state index is 0.0809. The third-order valence-electron chi connectivity index (χ3n) is 2.38. The van der Waals surface area contributed by atoms with Crippen molar-refractivity contribution in [3.05, 3.63) is 18.3 Å². The summed E-state index contributed by atoms with van der Waals surface area (Å²) in [7, 11) is 0. The van der Waals surface area contributed by atoms with Crippen molar-refractivity contribution in [3.63, 3.8) is 0 Å². The summed E-state index contributed by atoms with van der Waals surface area (Å²) in [6.45, 7) is 3.67. The molecule has 0 bridgehead atoms. The molecule has 1 saturated heterocycles. The van der Waals surface area contributed by atoms with Crippen molar-refractivity contribution in [3.8, 4) is 0 Å². The number of ether oxygens (including phenoxy) is 1. The molecule has 1 aliphatic heterocycles. The predicted octanol–water partition coefficient (Wildman–Crippen LogP) is 1.31. The Morgan fingerprint density at radius 2 is 2.47 bits per heavy atom. The summed E-state index contributed by atoms with van der Waals surface area (Å²) in [5.74, 6) is 1.41. The van der Waals surface area contributed by atoms with Crippen molar-refractivity contribution in [2.24, 2.45) is 0 Å². The molecule has 1 aliphatic rings. The molecule has 2 heterocycles. The number of morpholine rings is 1. The van der Waals surface area contributed by atoms with Gasteiger partial charge in [-0.15, -0.1) is 16.7 Å². The lowest BCUT2D eigenvalue weighted by Crippen LogP contribution is -2.47. The molecule has 2 rings (SSSR count). The van der Waals surface area contributed by atoms with Crippen molar-refractivity contribution in [2.75, 3.05) is 23.9 Å². The van der Waals surface area contributed by atoms with Gasteiger partial charge in [-0.2, -0.15) is 5.10 Å². The highest BCUT2D eigenvalue weighted by molar-refractivity contribution is 6.18. The van der Waals surface area contributed by atoms with Gasteiger partial charge in [0.05, 0.1) is 18.1 Å². The Bertz CT molecular complexity index is 309. The van der Waals surface area contributed by atoms with Gasteiger partial charge in [-0.25, -0.2) is 0 Å². The van der Waals surface area contributed by atoms with Crippen LogP contribution in [-0.2, 0) is 4.74 Å². The fourth-order valence-electron chi connectivity index (χ4n) is 1.78. The summed E-state index contributed by atoms with van der Waals surface area (Å²) < 4.78 is 5.67. The first kappa shape index (κ1) is 10.6. The number of halogens is 1. The van der Waals surface area contributed by atoms with Gasteiger partial charge in [-0.1, -0.05) is 0 Å². The molecule has 0 spiro atoms. The van der Waals surface area contributed by atoms with Crippen LogP contribution >= 0.6 is 11.6 Å². The summed E-state index contributed by atoms with van der Waals surface area (Å²) in [5.41, 5.74) is 0. The molecule has 2 unspecified atom stereocenters. The summed E-state index contributed by atoms with van der Waals surface area (Å²) in [6.07, 6.45) is 1.94. The van der Waals surface area contributed by atoms with Gasteiger partial charge in [0.25, 0.3) is 0 Å². The van der Waals surface area contributed by atoms with E-state index in [1.807, 2.05) is 19.1 Å². The average Bonchev–Trinajstić information content (AvgIpc) is 2.29. The second-order valence-electron chi connectivity index (χ2n) is 3.71. The molecule has 0 radical (unpaired) electrons. The molecule has 1 aromatic rings. The molecule has 0 N–H and O–H groups in total. The molecule has 1 aromatic heterocycles. The Labute approximate surface area is 94.2 Å². The van der Waals surface area contributed by atoms with Crippen LogP contribution in [0.2, 0.25) is 0 Å². The minimum Gasteiger partial charge on any atom is -0.370 e. The third-order valence-corrected chi connectivity index (χ3v) is 2.72. The molecule has 5 heteroatoms. The van der Waals surface area contributed by atoms with E-state index < -0.39 is 0 Å². The predicted molar refractivity (Wildman–Crippen MR) is 59.3 cm³/mol. The van der Waals surface area contributed by atoms with Gasteiger partial charge in [-0.3, -0.25) is 0 Å². The van der Waals surface area contributed by atoms with Gasteiger partial charge in [0.15, 0.2) is 5.82 Å². The van der Waals surface area contributed by atoms with E-state index in [1.54, 1.807) is 6.20 Å². The summed E-state index contributed by atoms with van der Waals surface area (Å²) in [5, 5.41) is 7.95. The van der Waals surface area contributed by atoms with Gasteiger partial charge in [0, 0.05) is 19.3 Å².